The monoisotopic (exact) mass is 207 g/mol. The van der Waals surface area contributed by atoms with Crippen molar-refractivity contribution in [3.63, 3.8) is 0 Å². The third-order valence-electron chi connectivity index (χ3n) is 1.89. The fraction of sp³-hybridized carbons (Fsp3) is 0.273. The van der Waals surface area contributed by atoms with Gasteiger partial charge in [0.05, 0.1) is 0 Å². The number of ether oxygens (including phenoxy) is 1. The van der Waals surface area contributed by atoms with Gasteiger partial charge in [-0.15, -0.1) is 0 Å². The molecule has 0 saturated carbocycles. The van der Waals surface area contributed by atoms with Gasteiger partial charge in [0, 0.05) is 19.0 Å². The molecule has 4 heteroatoms. The molecule has 15 heavy (non-hydrogen) atoms. The van der Waals surface area contributed by atoms with Crippen molar-refractivity contribution in [1.82, 2.24) is 5.32 Å². The molecule has 0 aromatic heterocycles. The largest absolute Gasteiger partial charge is 0.412 e. The zero-order chi connectivity index (χ0) is 11.3. The van der Waals surface area contributed by atoms with Crippen molar-refractivity contribution < 1.29 is 14.3 Å². The molecule has 1 amide bonds. The average Bonchev–Trinajstić information content (AvgIpc) is 2.28. The summed E-state index contributed by atoms with van der Waals surface area (Å²) in [4.78, 5) is 22.3. The molecule has 1 aromatic carbocycles. The highest BCUT2D eigenvalue weighted by atomic mass is 16.5. The van der Waals surface area contributed by atoms with Gasteiger partial charge in [-0.3, -0.25) is 4.79 Å². The lowest BCUT2D eigenvalue weighted by Crippen LogP contribution is -2.22. The van der Waals surface area contributed by atoms with Gasteiger partial charge < -0.3 is 10.1 Å². The van der Waals surface area contributed by atoms with E-state index in [2.05, 4.69) is 5.32 Å². The Balaban J connectivity index is 2.83. The number of rotatable bonds is 3. The molecule has 1 rings (SSSR count). The molecule has 0 aliphatic rings. The standard InChI is InChI=1S/C11H13NO3/c1-3-10(13)8-5-4-6-9(7-8)15-11(14)12-2/h4-7H,3H2,1-2H3,(H,12,14). The van der Waals surface area contributed by atoms with E-state index < -0.39 is 6.09 Å². The molecule has 0 atom stereocenters. The van der Waals surface area contributed by atoms with E-state index in [1.54, 1.807) is 31.2 Å². The van der Waals surface area contributed by atoms with Crippen molar-refractivity contribution in [2.75, 3.05) is 7.05 Å². The Labute approximate surface area is 88.2 Å². The number of carbonyl (C=O) groups excluding carboxylic acids is 2. The Morgan fingerprint density at radius 2 is 2.13 bits per heavy atom. The maximum absolute atomic E-state index is 11.4. The van der Waals surface area contributed by atoms with E-state index in [-0.39, 0.29) is 5.78 Å². The molecule has 0 heterocycles. The second-order valence-electron chi connectivity index (χ2n) is 2.94. The molecule has 0 saturated heterocycles. The second kappa shape index (κ2) is 5.14. The van der Waals surface area contributed by atoms with E-state index in [1.807, 2.05) is 0 Å². The van der Waals surface area contributed by atoms with E-state index in [4.69, 9.17) is 4.74 Å². The fourth-order valence-corrected chi connectivity index (χ4v) is 1.10. The smallest absolute Gasteiger partial charge is 0.410 e. The maximum atomic E-state index is 11.4. The van der Waals surface area contributed by atoms with Crippen molar-refractivity contribution in [3.8, 4) is 5.75 Å². The number of amides is 1. The van der Waals surface area contributed by atoms with Crippen LogP contribution >= 0.6 is 0 Å². The molecule has 80 valence electrons. The van der Waals surface area contributed by atoms with Gasteiger partial charge in [0.2, 0.25) is 0 Å². The highest BCUT2D eigenvalue weighted by Gasteiger charge is 2.06. The topological polar surface area (TPSA) is 55.4 Å². The van der Waals surface area contributed by atoms with Crippen LogP contribution in [0, 0.1) is 0 Å². The normalized spacial score (nSPS) is 9.47. The Kier molecular flexibility index (Phi) is 3.85. The number of benzene rings is 1. The lowest BCUT2D eigenvalue weighted by Gasteiger charge is -2.04. The van der Waals surface area contributed by atoms with Gasteiger partial charge in [0.1, 0.15) is 5.75 Å². The van der Waals surface area contributed by atoms with Gasteiger partial charge >= 0.3 is 6.09 Å². The molecule has 0 aliphatic carbocycles. The first-order valence-electron chi connectivity index (χ1n) is 4.70. The summed E-state index contributed by atoms with van der Waals surface area (Å²) in [6.45, 7) is 1.79. The Morgan fingerprint density at radius 1 is 1.40 bits per heavy atom. The molecular formula is C11H13NO3. The predicted octanol–water partition coefficient (Wildman–Crippen LogP) is 2.00. The third kappa shape index (κ3) is 3.09. The van der Waals surface area contributed by atoms with Crippen LogP contribution in [0.1, 0.15) is 23.7 Å². The summed E-state index contributed by atoms with van der Waals surface area (Å²) in [6.07, 6.45) is -0.111. The van der Waals surface area contributed by atoms with E-state index in [1.165, 1.54) is 7.05 Å². The summed E-state index contributed by atoms with van der Waals surface area (Å²) in [7, 11) is 1.48. The van der Waals surface area contributed by atoms with Crippen LogP contribution in [0.15, 0.2) is 24.3 Å². The third-order valence-corrected chi connectivity index (χ3v) is 1.89. The average molecular weight is 207 g/mol. The number of carbonyl (C=O) groups is 2. The summed E-state index contributed by atoms with van der Waals surface area (Å²) in [5, 5.41) is 2.33. The molecule has 0 radical (unpaired) electrons. The van der Waals surface area contributed by atoms with Crippen molar-refractivity contribution in [1.29, 1.82) is 0 Å². The summed E-state index contributed by atoms with van der Waals surface area (Å²) >= 11 is 0. The van der Waals surface area contributed by atoms with Crippen molar-refractivity contribution in [3.05, 3.63) is 29.8 Å². The first-order chi connectivity index (χ1) is 7.17. The first-order valence-corrected chi connectivity index (χ1v) is 4.70. The van der Waals surface area contributed by atoms with Gasteiger partial charge in [0.15, 0.2) is 5.78 Å². The van der Waals surface area contributed by atoms with Crippen LogP contribution in [0.3, 0.4) is 0 Å². The van der Waals surface area contributed by atoms with E-state index >= 15 is 0 Å². The maximum Gasteiger partial charge on any atom is 0.412 e. The Bertz CT molecular complexity index is 374. The predicted molar refractivity (Wildman–Crippen MR) is 56.1 cm³/mol. The minimum absolute atomic E-state index is 0.0253. The molecule has 0 fully saturated rings. The van der Waals surface area contributed by atoms with Crippen LogP contribution in [-0.4, -0.2) is 18.9 Å². The number of nitrogens with one attached hydrogen (secondary N) is 1. The van der Waals surface area contributed by atoms with Crippen LogP contribution < -0.4 is 10.1 Å². The molecule has 0 spiro atoms. The van der Waals surface area contributed by atoms with Crippen LogP contribution in [0.2, 0.25) is 0 Å². The van der Waals surface area contributed by atoms with Crippen LogP contribution in [0.5, 0.6) is 5.75 Å². The van der Waals surface area contributed by atoms with Crippen molar-refractivity contribution in [2.45, 2.75) is 13.3 Å². The zero-order valence-corrected chi connectivity index (χ0v) is 8.74. The summed E-state index contributed by atoms with van der Waals surface area (Å²) in [5.41, 5.74) is 0.555. The van der Waals surface area contributed by atoms with Gasteiger partial charge in [-0.2, -0.15) is 0 Å². The molecule has 1 N–H and O–H groups in total. The van der Waals surface area contributed by atoms with Crippen molar-refractivity contribution >= 4 is 11.9 Å². The minimum atomic E-state index is -0.545. The molecule has 0 unspecified atom stereocenters. The molecule has 1 aromatic rings. The molecule has 0 aliphatic heterocycles. The quantitative estimate of drug-likeness (QED) is 0.771. The minimum Gasteiger partial charge on any atom is -0.410 e. The number of hydrogen-bond acceptors (Lipinski definition) is 3. The molecule has 4 nitrogen and oxygen atoms in total. The highest BCUT2D eigenvalue weighted by Crippen LogP contribution is 2.14. The van der Waals surface area contributed by atoms with E-state index in [9.17, 15) is 9.59 Å². The lowest BCUT2D eigenvalue weighted by atomic mass is 10.1. The highest BCUT2D eigenvalue weighted by molar-refractivity contribution is 5.96. The summed E-state index contributed by atoms with van der Waals surface area (Å²) < 4.78 is 4.90. The summed E-state index contributed by atoms with van der Waals surface area (Å²) in [5.74, 6) is 0.394. The van der Waals surface area contributed by atoms with E-state index in [0.29, 0.717) is 17.7 Å². The van der Waals surface area contributed by atoms with E-state index in [0.717, 1.165) is 0 Å². The number of ketones is 1. The second-order valence-corrected chi connectivity index (χ2v) is 2.94. The number of Topliss-reactive ketones (excluding diaryl/α,β-unsaturated/α-hetero) is 1. The van der Waals surface area contributed by atoms with Crippen LogP contribution in [-0.2, 0) is 0 Å². The van der Waals surface area contributed by atoms with Gasteiger partial charge in [-0.05, 0) is 12.1 Å². The summed E-state index contributed by atoms with van der Waals surface area (Å²) in [6, 6.07) is 6.56. The molecule has 0 bridgehead atoms. The zero-order valence-electron chi connectivity index (χ0n) is 8.74. The van der Waals surface area contributed by atoms with Gasteiger partial charge in [-0.1, -0.05) is 19.1 Å². The van der Waals surface area contributed by atoms with Crippen molar-refractivity contribution in [2.24, 2.45) is 0 Å². The lowest BCUT2D eigenvalue weighted by molar-refractivity contribution is 0.0987. The molecular weight excluding hydrogens is 194 g/mol. The fourth-order valence-electron chi connectivity index (χ4n) is 1.10. The Hall–Kier alpha value is -1.84. The SMILES string of the molecule is CCC(=O)c1cccc(OC(=O)NC)c1. The first kappa shape index (κ1) is 11.2. The van der Waals surface area contributed by atoms with Gasteiger partial charge in [0.25, 0.3) is 0 Å². The number of hydrogen-bond donors (Lipinski definition) is 1. The van der Waals surface area contributed by atoms with Crippen LogP contribution in [0.4, 0.5) is 4.79 Å². The van der Waals surface area contributed by atoms with Crippen LogP contribution in [0.25, 0.3) is 0 Å². The Morgan fingerprint density at radius 3 is 2.73 bits per heavy atom. The van der Waals surface area contributed by atoms with Gasteiger partial charge in [-0.25, -0.2) is 4.79 Å².